The fourth-order valence-electron chi connectivity index (χ4n) is 3.82. The Hall–Kier alpha value is -4.64. The van der Waals surface area contributed by atoms with E-state index in [1.54, 1.807) is 35.6 Å². The predicted molar refractivity (Wildman–Crippen MR) is 139 cm³/mol. The zero-order chi connectivity index (χ0) is 24.9. The number of imidazole rings is 1. The van der Waals surface area contributed by atoms with Crippen molar-refractivity contribution in [1.29, 1.82) is 0 Å². The minimum atomic E-state index is -0.0821. The highest BCUT2D eigenvalue weighted by Gasteiger charge is 2.14. The first kappa shape index (κ1) is 23.1. The van der Waals surface area contributed by atoms with E-state index >= 15 is 0 Å². The van der Waals surface area contributed by atoms with E-state index in [2.05, 4.69) is 45.8 Å². The molecule has 0 fully saturated rings. The molecule has 1 amide bonds. The maximum Gasteiger partial charge on any atom is 0.251 e. The van der Waals surface area contributed by atoms with Crippen molar-refractivity contribution in [2.45, 2.75) is 6.42 Å². The van der Waals surface area contributed by atoms with Crippen LogP contribution in [0.2, 0.25) is 0 Å². The minimum absolute atomic E-state index is 0.0821. The molecule has 0 saturated heterocycles. The summed E-state index contributed by atoms with van der Waals surface area (Å²) in [5, 5.41) is 12.5. The van der Waals surface area contributed by atoms with Crippen LogP contribution in [-0.4, -0.2) is 73.9 Å². The monoisotopic (exact) mass is 482 g/mol. The van der Waals surface area contributed by atoms with Gasteiger partial charge in [-0.25, -0.2) is 19.6 Å². The highest BCUT2D eigenvalue weighted by atomic mass is 16.1. The lowest BCUT2D eigenvalue weighted by molar-refractivity contribution is 0.0952. The first-order valence-electron chi connectivity index (χ1n) is 11.5. The summed E-state index contributed by atoms with van der Waals surface area (Å²) in [4.78, 5) is 30.6. The second kappa shape index (κ2) is 10.3. The quantitative estimate of drug-likeness (QED) is 0.167. The maximum absolute atomic E-state index is 12.3. The number of nitrogens with zero attached hydrogens (tertiary/aromatic N) is 7. The van der Waals surface area contributed by atoms with Crippen molar-refractivity contribution < 1.29 is 4.79 Å². The molecule has 0 unspecified atom stereocenters. The molecule has 3 aromatic heterocycles. The van der Waals surface area contributed by atoms with E-state index in [1.807, 2.05) is 44.4 Å². The molecular weight excluding hydrogens is 456 g/mol. The molecule has 0 aliphatic heterocycles. The number of H-pyrrole nitrogens is 1. The Balaban J connectivity index is 1.26. The van der Waals surface area contributed by atoms with Crippen LogP contribution >= 0.6 is 0 Å². The van der Waals surface area contributed by atoms with Crippen molar-refractivity contribution in [2.24, 2.45) is 5.10 Å². The number of aromatic nitrogens is 6. The van der Waals surface area contributed by atoms with Crippen molar-refractivity contribution in [3.05, 3.63) is 72.4 Å². The van der Waals surface area contributed by atoms with Gasteiger partial charge in [0.15, 0.2) is 11.5 Å². The van der Waals surface area contributed by atoms with Crippen LogP contribution in [0.5, 0.6) is 0 Å². The summed E-state index contributed by atoms with van der Waals surface area (Å²) < 4.78 is 1.74. The van der Waals surface area contributed by atoms with Crippen molar-refractivity contribution >= 4 is 40.0 Å². The van der Waals surface area contributed by atoms with E-state index in [0.29, 0.717) is 23.6 Å². The number of para-hydroxylation sites is 1. The van der Waals surface area contributed by atoms with E-state index in [0.717, 1.165) is 40.6 Å². The Morgan fingerprint density at radius 2 is 2.00 bits per heavy atom. The smallest absolute Gasteiger partial charge is 0.251 e. The molecule has 11 nitrogen and oxygen atoms in total. The molecule has 0 aliphatic rings. The van der Waals surface area contributed by atoms with E-state index in [9.17, 15) is 4.79 Å². The number of aromatic amines is 1. The fourth-order valence-corrected chi connectivity index (χ4v) is 3.82. The molecule has 5 rings (SSSR count). The lowest BCUT2D eigenvalue weighted by atomic mass is 10.1. The number of rotatable bonds is 9. The molecule has 0 saturated carbocycles. The molecule has 0 spiro atoms. The summed E-state index contributed by atoms with van der Waals surface area (Å²) in [7, 11) is 4.03. The summed E-state index contributed by atoms with van der Waals surface area (Å²) in [5.74, 6) is 0.451. The normalized spacial score (nSPS) is 11.6. The first-order chi connectivity index (χ1) is 17.6. The number of hydrogen-bond acceptors (Lipinski definition) is 8. The highest BCUT2D eigenvalue weighted by Crippen LogP contribution is 2.25. The van der Waals surface area contributed by atoms with Crippen molar-refractivity contribution in [3.8, 4) is 5.69 Å². The number of hydrogen-bond donors (Lipinski definition) is 3. The molecule has 3 heterocycles. The van der Waals surface area contributed by atoms with Crippen LogP contribution in [0, 0.1) is 0 Å². The van der Waals surface area contributed by atoms with Gasteiger partial charge in [0.25, 0.3) is 5.91 Å². The van der Waals surface area contributed by atoms with Gasteiger partial charge in [0, 0.05) is 12.1 Å². The lowest BCUT2D eigenvalue weighted by Crippen LogP contribution is -2.27. The van der Waals surface area contributed by atoms with Gasteiger partial charge in [-0.05, 0) is 56.9 Å². The highest BCUT2D eigenvalue weighted by molar-refractivity contribution is 5.95. The molecule has 0 aliphatic carbocycles. The molecule has 182 valence electrons. The Kier molecular flexibility index (Phi) is 6.63. The van der Waals surface area contributed by atoms with Gasteiger partial charge in [-0.1, -0.05) is 18.2 Å². The third kappa shape index (κ3) is 4.91. The van der Waals surface area contributed by atoms with Crippen molar-refractivity contribution in [2.75, 3.05) is 32.6 Å². The fraction of sp³-hybridized carbons (Fsp3) is 0.200. The molecule has 3 N–H and O–H groups in total. The number of amides is 1. The average Bonchev–Trinajstić information content (AvgIpc) is 3.54. The Bertz CT molecular complexity index is 1520. The number of carbonyl (C=O) groups is 1. The van der Waals surface area contributed by atoms with Crippen molar-refractivity contribution in [3.63, 3.8) is 0 Å². The number of nitrogens with one attached hydrogen (secondary N) is 3. The van der Waals surface area contributed by atoms with Crippen LogP contribution in [0.4, 0.5) is 5.82 Å². The molecule has 5 aromatic rings. The number of carbonyl (C=O) groups excluding carboxylic acids is 1. The zero-order valence-electron chi connectivity index (χ0n) is 20.0. The van der Waals surface area contributed by atoms with Gasteiger partial charge >= 0.3 is 0 Å². The van der Waals surface area contributed by atoms with Crippen LogP contribution in [0.15, 0.2) is 66.4 Å². The zero-order valence-corrected chi connectivity index (χ0v) is 20.0. The predicted octanol–water partition coefficient (Wildman–Crippen LogP) is 2.82. The largest absolute Gasteiger partial charge is 0.352 e. The van der Waals surface area contributed by atoms with Crippen LogP contribution in [-0.2, 0) is 0 Å². The topological polar surface area (TPSA) is 129 Å². The second-order valence-corrected chi connectivity index (χ2v) is 8.50. The summed E-state index contributed by atoms with van der Waals surface area (Å²) in [6, 6.07) is 13.1. The van der Waals surface area contributed by atoms with E-state index in [4.69, 9.17) is 0 Å². The van der Waals surface area contributed by atoms with Gasteiger partial charge in [-0.3, -0.25) is 10.2 Å². The van der Waals surface area contributed by atoms with Crippen LogP contribution < -0.4 is 10.7 Å². The van der Waals surface area contributed by atoms with Gasteiger partial charge in [-0.15, -0.1) is 0 Å². The lowest BCUT2D eigenvalue weighted by Gasteiger charge is -2.10. The van der Waals surface area contributed by atoms with Crippen LogP contribution in [0.25, 0.3) is 27.8 Å². The van der Waals surface area contributed by atoms with Gasteiger partial charge in [0.2, 0.25) is 0 Å². The van der Waals surface area contributed by atoms with Crippen LogP contribution in [0.3, 0.4) is 0 Å². The maximum atomic E-state index is 12.3. The van der Waals surface area contributed by atoms with Gasteiger partial charge < -0.3 is 15.2 Å². The van der Waals surface area contributed by atoms with Gasteiger partial charge in [0.1, 0.15) is 11.8 Å². The molecule has 2 aromatic carbocycles. The minimum Gasteiger partial charge on any atom is -0.352 e. The standard InChI is InChI=1S/C25H26N10O/c1-34(2)12-4-11-26-25(36)18-9-7-17(8-10-18)13-31-33-23-19-14-32-35(24(19)30-16-29-23)21-6-3-5-20-22(21)28-15-27-20/h3,5-10,13-16H,4,11-12H2,1-2H3,(H,26,36)(H,27,28)(H,29,30,33). The number of fused-ring (bicyclic) bond motifs is 2. The summed E-state index contributed by atoms with van der Waals surface area (Å²) in [5.41, 5.74) is 7.61. The van der Waals surface area contributed by atoms with E-state index < -0.39 is 0 Å². The van der Waals surface area contributed by atoms with Gasteiger partial charge in [0.05, 0.1) is 35.3 Å². The molecular formula is C25H26N10O. The average molecular weight is 483 g/mol. The molecule has 11 heteroatoms. The Morgan fingerprint density at radius 3 is 2.83 bits per heavy atom. The molecule has 0 radical (unpaired) electrons. The van der Waals surface area contributed by atoms with E-state index in [-0.39, 0.29) is 5.91 Å². The second-order valence-electron chi connectivity index (χ2n) is 8.50. The molecule has 0 bridgehead atoms. The Morgan fingerprint density at radius 1 is 1.14 bits per heavy atom. The summed E-state index contributed by atoms with van der Waals surface area (Å²) in [6.45, 7) is 1.58. The van der Waals surface area contributed by atoms with Crippen LogP contribution in [0.1, 0.15) is 22.3 Å². The summed E-state index contributed by atoms with van der Waals surface area (Å²) in [6.07, 6.45) is 7.40. The SMILES string of the molecule is CN(C)CCCNC(=O)c1ccc(C=NNc2ncnc3c2cnn3-c2cccc3[nH]cnc23)cc1. The Labute approximate surface area is 207 Å². The third-order valence-corrected chi connectivity index (χ3v) is 5.65. The van der Waals surface area contributed by atoms with Gasteiger partial charge in [-0.2, -0.15) is 10.2 Å². The first-order valence-corrected chi connectivity index (χ1v) is 11.5. The number of benzene rings is 2. The summed E-state index contributed by atoms with van der Waals surface area (Å²) >= 11 is 0. The molecule has 36 heavy (non-hydrogen) atoms. The molecule has 0 atom stereocenters. The van der Waals surface area contributed by atoms with Crippen molar-refractivity contribution in [1.82, 2.24) is 39.9 Å². The number of hydrazone groups is 1. The van der Waals surface area contributed by atoms with E-state index in [1.165, 1.54) is 6.33 Å². The number of anilines is 1. The third-order valence-electron chi connectivity index (χ3n) is 5.65.